The lowest BCUT2D eigenvalue weighted by Gasteiger charge is -2.29. The standard InChI is InChI=1S/C20H17NO6S/c1-20(2)26-18(22)15(19(23)27-20)10-14-8-9-17(16(11-14)21(24)25)28-12-13-6-4-3-5-7-13/h3-11H,12H2,1-2H3. The van der Waals surface area contributed by atoms with E-state index in [9.17, 15) is 19.7 Å². The van der Waals surface area contributed by atoms with Crippen LogP contribution in [0.15, 0.2) is 59.0 Å². The Bertz CT molecular complexity index is 946. The monoisotopic (exact) mass is 399 g/mol. The summed E-state index contributed by atoms with van der Waals surface area (Å²) in [6.45, 7) is 2.90. The maximum atomic E-state index is 12.0. The average molecular weight is 399 g/mol. The number of carbonyl (C=O) groups excluding carboxylic acids is 2. The molecule has 8 heteroatoms. The van der Waals surface area contributed by atoms with Gasteiger partial charge in [-0.05, 0) is 23.3 Å². The summed E-state index contributed by atoms with van der Waals surface area (Å²) in [4.78, 5) is 35.6. The number of hydrogen-bond acceptors (Lipinski definition) is 7. The first kappa shape index (κ1) is 19.6. The topological polar surface area (TPSA) is 95.7 Å². The molecule has 0 atom stereocenters. The minimum Gasteiger partial charge on any atom is -0.419 e. The summed E-state index contributed by atoms with van der Waals surface area (Å²) in [5.74, 6) is -2.41. The molecule has 28 heavy (non-hydrogen) atoms. The Kier molecular flexibility index (Phi) is 5.51. The van der Waals surface area contributed by atoms with Crippen LogP contribution in [0.2, 0.25) is 0 Å². The molecule has 0 radical (unpaired) electrons. The van der Waals surface area contributed by atoms with Crippen LogP contribution in [0.4, 0.5) is 5.69 Å². The van der Waals surface area contributed by atoms with Gasteiger partial charge in [-0.3, -0.25) is 10.1 Å². The molecular formula is C20H17NO6S. The molecule has 0 spiro atoms. The second kappa shape index (κ2) is 7.85. The predicted octanol–water partition coefficient (Wildman–Crippen LogP) is 4.11. The van der Waals surface area contributed by atoms with Gasteiger partial charge in [0.15, 0.2) is 0 Å². The lowest BCUT2D eigenvalue weighted by Crippen LogP contribution is -2.41. The molecule has 0 N–H and O–H groups in total. The Labute approximate surface area is 165 Å². The molecule has 1 fully saturated rings. The Balaban J connectivity index is 1.85. The van der Waals surface area contributed by atoms with Gasteiger partial charge < -0.3 is 9.47 Å². The highest BCUT2D eigenvalue weighted by atomic mass is 32.2. The van der Waals surface area contributed by atoms with Crippen LogP contribution in [0.3, 0.4) is 0 Å². The fourth-order valence-corrected chi connectivity index (χ4v) is 3.53. The van der Waals surface area contributed by atoms with E-state index in [4.69, 9.17) is 9.47 Å². The van der Waals surface area contributed by atoms with Crippen LogP contribution < -0.4 is 0 Å². The van der Waals surface area contributed by atoms with E-state index in [1.54, 1.807) is 12.1 Å². The third kappa shape index (κ3) is 4.58. The lowest BCUT2D eigenvalue weighted by molar-refractivity contribution is -0.387. The molecule has 0 saturated carbocycles. The van der Waals surface area contributed by atoms with Gasteiger partial charge in [-0.1, -0.05) is 36.4 Å². The molecule has 2 aromatic rings. The third-order valence-corrected chi connectivity index (χ3v) is 4.98. The van der Waals surface area contributed by atoms with Gasteiger partial charge in [-0.25, -0.2) is 9.59 Å². The van der Waals surface area contributed by atoms with Crippen molar-refractivity contribution < 1.29 is 24.0 Å². The lowest BCUT2D eigenvalue weighted by atomic mass is 10.1. The van der Waals surface area contributed by atoms with Crippen LogP contribution in [0.1, 0.15) is 25.0 Å². The van der Waals surface area contributed by atoms with Crippen LogP contribution in [0.25, 0.3) is 6.08 Å². The molecule has 0 unspecified atom stereocenters. The van der Waals surface area contributed by atoms with Gasteiger partial charge >= 0.3 is 11.9 Å². The molecule has 1 heterocycles. The van der Waals surface area contributed by atoms with Crippen molar-refractivity contribution in [3.63, 3.8) is 0 Å². The highest BCUT2D eigenvalue weighted by Crippen LogP contribution is 2.33. The van der Waals surface area contributed by atoms with Crippen LogP contribution in [-0.2, 0) is 24.8 Å². The molecule has 144 valence electrons. The van der Waals surface area contributed by atoms with Crippen LogP contribution in [0.5, 0.6) is 0 Å². The maximum Gasteiger partial charge on any atom is 0.348 e. The SMILES string of the molecule is CC1(C)OC(=O)C(=Cc2ccc(SCc3ccccc3)c([N+](=O)[O-])c2)C(=O)O1. The zero-order chi connectivity index (χ0) is 20.3. The highest BCUT2D eigenvalue weighted by Gasteiger charge is 2.38. The molecule has 0 aliphatic carbocycles. The van der Waals surface area contributed by atoms with Crippen molar-refractivity contribution in [2.45, 2.75) is 30.3 Å². The summed E-state index contributed by atoms with van der Waals surface area (Å²) in [7, 11) is 0. The molecule has 0 aromatic heterocycles. The van der Waals surface area contributed by atoms with Crippen molar-refractivity contribution in [3.05, 3.63) is 75.3 Å². The average Bonchev–Trinajstić information content (AvgIpc) is 2.63. The van der Waals surface area contributed by atoms with Gasteiger partial charge in [0.2, 0.25) is 0 Å². The second-order valence-corrected chi connectivity index (χ2v) is 7.51. The van der Waals surface area contributed by atoms with Gasteiger partial charge in [0.25, 0.3) is 11.5 Å². The summed E-state index contributed by atoms with van der Waals surface area (Å²) >= 11 is 1.34. The fraction of sp³-hybridized carbons (Fsp3) is 0.200. The van der Waals surface area contributed by atoms with E-state index in [2.05, 4.69) is 0 Å². The Morgan fingerprint density at radius 3 is 2.32 bits per heavy atom. The van der Waals surface area contributed by atoms with Crippen molar-refractivity contribution in [2.75, 3.05) is 0 Å². The Morgan fingerprint density at radius 1 is 1.07 bits per heavy atom. The number of nitro groups is 1. The van der Waals surface area contributed by atoms with Crippen LogP contribution >= 0.6 is 11.8 Å². The summed E-state index contributed by atoms with van der Waals surface area (Å²) in [5, 5.41) is 11.5. The number of nitro benzene ring substituents is 1. The first-order valence-electron chi connectivity index (χ1n) is 8.39. The van der Waals surface area contributed by atoms with Gasteiger partial charge in [0, 0.05) is 25.7 Å². The number of carbonyl (C=O) groups is 2. The van der Waals surface area contributed by atoms with Crippen molar-refractivity contribution in [1.29, 1.82) is 0 Å². The third-order valence-electron chi connectivity index (χ3n) is 3.84. The van der Waals surface area contributed by atoms with E-state index in [1.165, 1.54) is 37.8 Å². The Morgan fingerprint density at radius 2 is 1.71 bits per heavy atom. The number of hydrogen-bond donors (Lipinski definition) is 0. The highest BCUT2D eigenvalue weighted by molar-refractivity contribution is 7.98. The number of ether oxygens (including phenoxy) is 2. The molecule has 3 rings (SSSR count). The molecule has 1 saturated heterocycles. The number of nitrogens with zero attached hydrogens (tertiary/aromatic N) is 1. The minimum absolute atomic E-state index is 0.104. The Hall–Kier alpha value is -3.13. The number of rotatable bonds is 5. The summed E-state index contributed by atoms with van der Waals surface area (Å²) < 4.78 is 10.1. The van der Waals surface area contributed by atoms with Crippen molar-refractivity contribution in [2.24, 2.45) is 0 Å². The molecule has 1 aliphatic rings. The number of cyclic esters (lactones) is 2. The summed E-state index contributed by atoms with van der Waals surface area (Å²) in [5.41, 5.74) is 0.967. The van der Waals surface area contributed by atoms with E-state index < -0.39 is 22.6 Å². The smallest absolute Gasteiger partial charge is 0.348 e. The van der Waals surface area contributed by atoms with Gasteiger partial charge in [0.1, 0.15) is 5.57 Å². The zero-order valence-corrected chi connectivity index (χ0v) is 16.0. The van der Waals surface area contributed by atoms with Crippen LogP contribution in [0, 0.1) is 10.1 Å². The minimum atomic E-state index is -1.34. The van der Waals surface area contributed by atoms with E-state index in [-0.39, 0.29) is 11.3 Å². The van der Waals surface area contributed by atoms with Crippen molar-refractivity contribution >= 4 is 35.5 Å². The molecule has 0 bridgehead atoms. The summed E-state index contributed by atoms with van der Waals surface area (Å²) in [6, 6.07) is 14.1. The quantitative estimate of drug-likeness (QED) is 0.186. The van der Waals surface area contributed by atoms with Crippen LogP contribution in [-0.4, -0.2) is 22.6 Å². The molecule has 0 amide bonds. The second-order valence-electron chi connectivity index (χ2n) is 6.50. The molecule has 7 nitrogen and oxygen atoms in total. The maximum absolute atomic E-state index is 12.0. The van der Waals surface area contributed by atoms with E-state index >= 15 is 0 Å². The first-order valence-corrected chi connectivity index (χ1v) is 9.37. The molecule has 2 aromatic carbocycles. The van der Waals surface area contributed by atoms with E-state index in [0.29, 0.717) is 16.2 Å². The number of esters is 2. The first-order chi connectivity index (χ1) is 13.2. The van der Waals surface area contributed by atoms with E-state index in [0.717, 1.165) is 5.56 Å². The van der Waals surface area contributed by atoms with Gasteiger partial charge in [-0.2, -0.15) is 0 Å². The van der Waals surface area contributed by atoms with Gasteiger partial charge in [0.05, 0.1) is 9.82 Å². The predicted molar refractivity (Wildman–Crippen MR) is 103 cm³/mol. The number of benzene rings is 2. The normalized spacial score (nSPS) is 15.6. The van der Waals surface area contributed by atoms with Gasteiger partial charge in [-0.15, -0.1) is 11.8 Å². The largest absolute Gasteiger partial charge is 0.419 e. The zero-order valence-electron chi connectivity index (χ0n) is 15.2. The van der Waals surface area contributed by atoms with Crippen molar-refractivity contribution in [3.8, 4) is 0 Å². The number of thioether (sulfide) groups is 1. The fourth-order valence-electron chi connectivity index (χ4n) is 2.57. The van der Waals surface area contributed by atoms with E-state index in [1.807, 2.05) is 30.3 Å². The molecule has 1 aliphatic heterocycles. The summed E-state index contributed by atoms with van der Waals surface area (Å²) in [6.07, 6.45) is 1.23. The van der Waals surface area contributed by atoms with Crippen molar-refractivity contribution in [1.82, 2.24) is 0 Å². The molecular weight excluding hydrogens is 382 g/mol.